The number of hydrogen-bond donors (Lipinski definition) is 3. The summed E-state index contributed by atoms with van der Waals surface area (Å²) in [5, 5.41) is 14.7. The maximum absolute atomic E-state index is 13.2. The second kappa shape index (κ2) is 12.3. The average molecular weight is 516 g/mol. The first-order chi connectivity index (χ1) is 18.3. The molecule has 3 aromatic carbocycles. The minimum absolute atomic E-state index is 0.0637. The Morgan fingerprint density at radius 1 is 0.974 bits per heavy atom. The van der Waals surface area contributed by atoms with Crippen LogP contribution in [0.1, 0.15) is 46.3 Å². The van der Waals surface area contributed by atoms with Crippen LogP contribution in [-0.4, -0.2) is 47.6 Å². The molecule has 0 saturated carbocycles. The number of amides is 3. The number of aryl methyl sites for hydroxylation is 2. The summed E-state index contributed by atoms with van der Waals surface area (Å²) in [4.78, 5) is 38.7. The summed E-state index contributed by atoms with van der Waals surface area (Å²) < 4.78 is 5.50. The molecule has 1 fully saturated rings. The minimum Gasteiger partial charge on any atom is -0.495 e. The van der Waals surface area contributed by atoms with Crippen molar-refractivity contribution in [3.8, 4) is 5.75 Å². The Hall–Kier alpha value is -4.33. The molecule has 0 aromatic heterocycles. The predicted octanol–water partition coefficient (Wildman–Crippen LogP) is 5.51. The van der Waals surface area contributed by atoms with E-state index in [0.29, 0.717) is 11.4 Å². The van der Waals surface area contributed by atoms with Crippen molar-refractivity contribution >= 4 is 29.3 Å². The molecule has 1 aliphatic heterocycles. The highest BCUT2D eigenvalue weighted by molar-refractivity contribution is 6.01. The number of nitrogens with one attached hydrogen (secondary N) is 2. The van der Waals surface area contributed by atoms with Crippen LogP contribution in [0.3, 0.4) is 0 Å². The number of anilines is 2. The lowest BCUT2D eigenvalue weighted by Gasteiger charge is -2.25. The first-order valence-corrected chi connectivity index (χ1v) is 12.8. The standard InChI is InChI=1S/C30H33N3O5/c1-20-6-3-4-8-25(20)31-30(37)32-26-16-12-22(18-27(26)38-2)19-28(34)33-17-5-7-24(33)15-11-21-9-13-23(14-10-21)29(35)36/h3-4,6,8-10,12-14,16,18,24H,5,7,11,15,17,19H2,1-2H3,(H,35,36)(H2,31,32,37)/t24-/m0/s1. The fourth-order valence-electron chi connectivity index (χ4n) is 4.83. The minimum atomic E-state index is -0.935. The molecule has 1 saturated heterocycles. The summed E-state index contributed by atoms with van der Waals surface area (Å²) in [7, 11) is 1.53. The molecule has 4 rings (SSSR count). The van der Waals surface area contributed by atoms with E-state index in [4.69, 9.17) is 9.84 Å². The van der Waals surface area contributed by atoms with Crippen LogP contribution in [0.4, 0.5) is 16.2 Å². The van der Waals surface area contributed by atoms with E-state index in [0.717, 1.165) is 54.6 Å². The third-order valence-corrected chi connectivity index (χ3v) is 6.93. The lowest BCUT2D eigenvalue weighted by atomic mass is 10.0. The summed E-state index contributed by atoms with van der Waals surface area (Å²) in [5.74, 6) is -0.387. The lowest BCUT2D eigenvalue weighted by Crippen LogP contribution is -2.36. The molecule has 0 radical (unpaired) electrons. The number of carboxylic acids is 1. The number of carbonyl (C=O) groups is 3. The lowest BCUT2D eigenvalue weighted by molar-refractivity contribution is -0.131. The Kier molecular flexibility index (Phi) is 8.63. The Labute approximate surface area is 222 Å². The number of para-hydroxylation sites is 1. The van der Waals surface area contributed by atoms with Crippen LogP contribution in [0.2, 0.25) is 0 Å². The highest BCUT2D eigenvalue weighted by Gasteiger charge is 2.28. The van der Waals surface area contributed by atoms with Crippen molar-refractivity contribution in [2.45, 2.75) is 45.1 Å². The number of likely N-dealkylation sites (tertiary alicyclic amines) is 1. The van der Waals surface area contributed by atoms with E-state index in [1.807, 2.05) is 54.3 Å². The molecule has 3 N–H and O–H groups in total. The van der Waals surface area contributed by atoms with Crippen molar-refractivity contribution in [3.05, 3.63) is 89.0 Å². The summed E-state index contributed by atoms with van der Waals surface area (Å²) >= 11 is 0. The second-order valence-electron chi connectivity index (χ2n) is 9.53. The molecule has 198 valence electrons. The molecule has 38 heavy (non-hydrogen) atoms. The number of ether oxygens (including phenoxy) is 1. The number of carboxylic acid groups (broad SMARTS) is 1. The van der Waals surface area contributed by atoms with Crippen molar-refractivity contribution in [2.24, 2.45) is 0 Å². The van der Waals surface area contributed by atoms with Gasteiger partial charge in [0.25, 0.3) is 0 Å². The Morgan fingerprint density at radius 2 is 1.68 bits per heavy atom. The predicted molar refractivity (Wildman–Crippen MR) is 147 cm³/mol. The van der Waals surface area contributed by atoms with Gasteiger partial charge in [0.05, 0.1) is 24.8 Å². The number of nitrogens with zero attached hydrogens (tertiary/aromatic N) is 1. The van der Waals surface area contributed by atoms with Gasteiger partial charge < -0.3 is 25.4 Å². The molecule has 8 heteroatoms. The fraction of sp³-hybridized carbons (Fsp3) is 0.300. The van der Waals surface area contributed by atoms with Crippen LogP contribution < -0.4 is 15.4 Å². The Balaban J connectivity index is 1.34. The maximum atomic E-state index is 13.2. The molecule has 8 nitrogen and oxygen atoms in total. The number of carbonyl (C=O) groups excluding carboxylic acids is 2. The molecule has 0 aliphatic carbocycles. The van der Waals surface area contributed by atoms with Crippen LogP contribution in [0.25, 0.3) is 0 Å². The monoisotopic (exact) mass is 515 g/mol. The number of hydrogen-bond acceptors (Lipinski definition) is 4. The average Bonchev–Trinajstić information content (AvgIpc) is 3.39. The molecule has 3 amide bonds. The van der Waals surface area contributed by atoms with Crippen molar-refractivity contribution in [1.29, 1.82) is 0 Å². The normalized spacial score (nSPS) is 14.7. The maximum Gasteiger partial charge on any atom is 0.335 e. The van der Waals surface area contributed by atoms with Crippen molar-refractivity contribution in [1.82, 2.24) is 4.90 Å². The highest BCUT2D eigenvalue weighted by Crippen LogP contribution is 2.28. The molecule has 0 unspecified atom stereocenters. The van der Waals surface area contributed by atoms with Gasteiger partial charge in [-0.15, -0.1) is 0 Å². The van der Waals surface area contributed by atoms with Gasteiger partial charge in [-0.2, -0.15) is 0 Å². The topological polar surface area (TPSA) is 108 Å². The van der Waals surface area contributed by atoms with Gasteiger partial charge in [0.2, 0.25) is 5.91 Å². The number of rotatable bonds is 9. The third-order valence-electron chi connectivity index (χ3n) is 6.93. The van der Waals surface area contributed by atoms with E-state index in [9.17, 15) is 14.4 Å². The molecule has 0 spiro atoms. The molecule has 1 heterocycles. The summed E-state index contributed by atoms with van der Waals surface area (Å²) in [6.07, 6.45) is 3.79. The summed E-state index contributed by atoms with van der Waals surface area (Å²) in [5.41, 5.74) is 4.35. The Morgan fingerprint density at radius 3 is 2.39 bits per heavy atom. The van der Waals surface area contributed by atoms with Gasteiger partial charge in [-0.3, -0.25) is 4.79 Å². The zero-order chi connectivity index (χ0) is 27.1. The molecule has 1 atom stereocenters. The van der Waals surface area contributed by atoms with Gasteiger partial charge in [-0.25, -0.2) is 9.59 Å². The molecule has 0 bridgehead atoms. The largest absolute Gasteiger partial charge is 0.495 e. The first-order valence-electron chi connectivity index (χ1n) is 12.8. The van der Waals surface area contributed by atoms with Crippen molar-refractivity contribution < 1.29 is 24.2 Å². The third kappa shape index (κ3) is 6.70. The number of benzene rings is 3. The van der Waals surface area contributed by atoms with Crippen LogP contribution in [0, 0.1) is 6.92 Å². The SMILES string of the molecule is COc1cc(CC(=O)N2CCC[C@H]2CCc2ccc(C(=O)O)cc2)ccc1NC(=O)Nc1ccccc1C. The van der Waals surface area contributed by atoms with Gasteiger partial charge in [0.1, 0.15) is 5.75 Å². The smallest absolute Gasteiger partial charge is 0.335 e. The van der Waals surface area contributed by atoms with E-state index in [2.05, 4.69) is 10.6 Å². The van der Waals surface area contributed by atoms with Crippen molar-refractivity contribution in [2.75, 3.05) is 24.3 Å². The van der Waals surface area contributed by atoms with E-state index >= 15 is 0 Å². The van der Waals surface area contributed by atoms with Gasteiger partial charge in [0, 0.05) is 18.3 Å². The van der Waals surface area contributed by atoms with Gasteiger partial charge >= 0.3 is 12.0 Å². The quantitative estimate of drug-likeness (QED) is 0.348. The molecule has 1 aliphatic rings. The van der Waals surface area contributed by atoms with Crippen LogP contribution in [0.15, 0.2) is 66.7 Å². The number of urea groups is 1. The fourth-order valence-corrected chi connectivity index (χ4v) is 4.83. The van der Waals surface area contributed by atoms with E-state index in [1.54, 1.807) is 24.3 Å². The summed E-state index contributed by atoms with van der Waals surface area (Å²) in [6.45, 7) is 2.66. The summed E-state index contributed by atoms with van der Waals surface area (Å²) in [6, 6.07) is 19.6. The van der Waals surface area contributed by atoms with Crippen LogP contribution >= 0.6 is 0 Å². The molecular weight excluding hydrogens is 482 g/mol. The van der Waals surface area contributed by atoms with Crippen LogP contribution in [-0.2, 0) is 17.6 Å². The van der Waals surface area contributed by atoms with E-state index < -0.39 is 5.97 Å². The van der Waals surface area contributed by atoms with Gasteiger partial charge in [-0.05, 0) is 79.6 Å². The molecular formula is C30H33N3O5. The van der Waals surface area contributed by atoms with E-state index in [1.165, 1.54) is 7.11 Å². The zero-order valence-electron chi connectivity index (χ0n) is 21.7. The van der Waals surface area contributed by atoms with E-state index in [-0.39, 0.29) is 30.0 Å². The highest BCUT2D eigenvalue weighted by atomic mass is 16.5. The second-order valence-corrected chi connectivity index (χ2v) is 9.53. The van der Waals surface area contributed by atoms with Crippen molar-refractivity contribution in [3.63, 3.8) is 0 Å². The Bertz CT molecular complexity index is 1310. The van der Waals surface area contributed by atoms with Gasteiger partial charge in [-0.1, -0.05) is 36.4 Å². The van der Waals surface area contributed by atoms with Gasteiger partial charge in [0.15, 0.2) is 0 Å². The zero-order valence-corrected chi connectivity index (χ0v) is 21.7. The first kappa shape index (κ1) is 26.7. The molecule has 3 aromatic rings. The van der Waals surface area contributed by atoms with Crippen LogP contribution in [0.5, 0.6) is 5.75 Å². The number of aromatic carboxylic acids is 1. The number of methoxy groups -OCH3 is 1.